The van der Waals surface area contributed by atoms with Crippen LogP contribution in [0.3, 0.4) is 0 Å². The molecule has 4 nitrogen and oxygen atoms in total. The number of likely N-dealkylation sites (tertiary alicyclic amines) is 1. The highest BCUT2D eigenvalue weighted by Crippen LogP contribution is 2.29. The maximum absolute atomic E-state index is 5.29. The van der Waals surface area contributed by atoms with Crippen LogP contribution in [0.1, 0.15) is 18.9 Å². The van der Waals surface area contributed by atoms with E-state index in [1.54, 1.807) is 0 Å². The van der Waals surface area contributed by atoms with Crippen LogP contribution in [0.5, 0.6) is 0 Å². The van der Waals surface area contributed by atoms with Gasteiger partial charge in [0.2, 0.25) is 0 Å². The van der Waals surface area contributed by atoms with E-state index in [1.807, 2.05) is 6.20 Å². The van der Waals surface area contributed by atoms with Crippen LogP contribution >= 0.6 is 15.9 Å². The quantitative estimate of drug-likeness (QED) is 0.845. The van der Waals surface area contributed by atoms with Crippen molar-refractivity contribution in [3.8, 4) is 0 Å². The van der Waals surface area contributed by atoms with E-state index in [-0.39, 0.29) is 0 Å². The van der Waals surface area contributed by atoms with Gasteiger partial charge in [0.1, 0.15) is 0 Å². The number of hydrogen-bond acceptors (Lipinski definition) is 3. The van der Waals surface area contributed by atoms with Gasteiger partial charge < -0.3 is 4.74 Å². The predicted molar refractivity (Wildman–Crippen MR) is 81.9 cm³/mol. The third-order valence-corrected chi connectivity index (χ3v) is 5.03. The van der Waals surface area contributed by atoms with Crippen molar-refractivity contribution in [3.63, 3.8) is 0 Å². The minimum Gasteiger partial charge on any atom is -0.378 e. The lowest BCUT2D eigenvalue weighted by Crippen LogP contribution is -2.51. The molecule has 2 aliphatic rings. The summed E-state index contributed by atoms with van der Waals surface area (Å²) in [6.07, 6.45) is 4.35. The van der Waals surface area contributed by atoms with Crippen molar-refractivity contribution in [3.05, 3.63) is 28.9 Å². The summed E-state index contributed by atoms with van der Waals surface area (Å²) in [6.45, 7) is 4.17. The normalized spacial score (nSPS) is 22.2. The molecule has 2 aromatic rings. The minimum atomic E-state index is 0.533. The number of hydrogen-bond donors (Lipinski definition) is 0. The molecule has 0 bridgehead atoms. The Morgan fingerprint density at radius 2 is 1.95 bits per heavy atom. The standard InChI is InChI=1S/C15H18BrN3O/c16-12-1-2-15-11(7-12)8-17-19(15)13-3-5-18(6-4-13)14-9-20-10-14/h1-2,7-8,13-14H,3-6,9-10H2. The van der Waals surface area contributed by atoms with E-state index in [9.17, 15) is 0 Å². The molecule has 0 saturated carbocycles. The van der Waals surface area contributed by atoms with Crippen molar-refractivity contribution in [1.82, 2.24) is 14.7 Å². The zero-order valence-corrected chi connectivity index (χ0v) is 12.9. The SMILES string of the molecule is Brc1ccc2c(cnn2C2CCN(C3COC3)CC2)c1. The van der Waals surface area contributed by atoms with Gasteiger partial charge in [0.15, 0.2) is 0 Å². The molecule has 2 saturated heterocycles. The largest absolute Gasteiger partial charge is 0.378 e. The van der Waals surface area contributed by atoms with E-state index in [0.717, 1.165) is 30.8 Å². The van der Waals surface area contributed by atoms with Crippen molar-refractivity contribution in [1.29, 1.82) is 0 Å². The fourth-order valence-electron chi connectivity index (χ4n) is 3.24. The van der Waals surface area contributed by atoms with Gasteiger partial charge in [-0.3, -0.25) is 9.58 Å². The molecule has 5 heteroatoms. The number of benzene rings is 1. The second kappa shape index (κ2) is 5.13. The van der Waals surface area contributed by atoms with Gasteiger partial charge in [0.25, 0.3) is 0 Å². The lowest BCUT2D eigenvalue weighted by molar-refractivity contribution is -0.0733. The topological polar surface area (TPSA) is 30.3 Å². The smallest absolute Gasteiger partial charge is 0.0686 e. The van der Waals surface area contributed by atoms with Gasteiger partial charge >= 0.3 is 0 Å². The molecule has 0 amide bonds. The molecular formula is C15H18BrN3O. The molecule has 0 unspecified atom stereocenters. The lowest BCUT2D eigenvalue weighted by Gasteiger charge is -2.41. The van der Waals surface area contributed by atoms with Gasteiger partial charge in [-0.25, -0.2) is 0 Å². The summed E-state index contributed by atoms with van der Waals surface area (Å²) in [5.74, 6) is 0. The summed E-state index contributed by atoms with van der Waals surface area (Å²) >= 11 is 3.52. The van der Waals surface area contributed by atoms with Crippen LogP contribution in [-0.4, -0.2) is 47.0 Å². The number of aromatic nitrogens is 2. The van der Waals surface area contributed by atoms with E-state index in [0.29, 0.717) is 12.1 Å². The number of piperidine rings is 1. The lowest BCUT2D eigenvalue weighted by atomic mass is 10.0. The molecular weight excluding hydrogens is 318 g/mol. The number of ether oxygens (including phenoxy) is 1. The summed E-state index contributed by atoms with van der Waals surface area (Å²) < 4.78 is 8.63. The predicted octanol–water partition coefficient (Wildman–Crippen LogP) is 2.83. The number of rotatable bonds is 2. The van der Waals surface area contributed by atoms with Crippen LogP contribution in [0.2, 0.25) is 0 Å². The molecule has 2 fully saturated rings. The highest BCUT2D eigenvalue weighted by atomic mass is 79.9. The van der Waals surface area contributed by atoms with E-state index >= 15 is 0 Å². The Balaban J connectivity index is 1.52. The fraction of sp³-hybridized carbons (Fsp3) is 0.533. The highest BCUT2D eigenvalue weighted by Gasteiger charge is 2.30. The average Bonchev–Trinajstić information content (AvgIpc) is 2.80. The zero-order valence-electron chi connectivity index (χ0n) is 11.3. The highest BCUT2D eigenvalue weighted by molar-refractivity contribution is 9.10. The summed E-state index contributed by atoms with van der Waals surface area (Å²) in [7, 11) is 0. The van der Waals surface area contributed by atoms with Gasteiger partial charge in [-0.05, 0) is 31.0 Å². The van der Waals surface area contributed by atoms with Gasteiger partial charge in [0.05, 0.1) is 37.0 Å². The molecule has 106 valence electrons. The van der Waals surface area contributed by atoms with E-state index in [1.165, 1.54) is 23.7 Å². The summed E-state index contributed by atoms with van der Waals surface area (Å²) in [4.78, 5) is 2.57. The summed E-state index contributed by atoms with van der Waals surface area (Å²) in [5, 5.41) is 5.83. The van der Waals surface area contributed by atoms with Gasteiger partial charge in [-0.1, -0.05) is 15.9 Å². The molecule has 0 aliphatic carbocycles. The van der Waals surface area contributed by atoms with Crippen LogP contribution in [-0.2, 0) is 4.74 Å². The molecule has 1 aromatic heterocycles. The first-order valence-electron chi connectivity index (χ1n) is 7.26. The first-order valence-corrected chi connectivity index (χ1v) is 8.05. The number of nitrogens with zero attached hydrogens (tertiary/aromatic N) is 3. The van der Waals surface area contributed by atoms with E-state index in [2.05, 4.69) is 48.8 Å². The molecule has 0 N–H and O–H groups in total. The Hall–Kier alpha value is -0.910. The third-order valence-electron chi connectivity index (χ3n) is 4.54. The first kappa shape index (κ1) is 12.8. The third kappa shape index (κ3) is 2.18. The first-order chi connectivity index (χ1) is 9.81. The molecule has 0 atom stereocenters. The van der Waals surface area contributed by atoms with Crippen LogP contribution < -0.4 is 0 Å². The minimum absolute atomic E-state index is 0.533. The fourth-order valence-corrected chi connectivity index (χ4v) is 3.62. The Morgan fingerprint density at radius 1 is 1.15 bits per heavy atom. The van der Waals surface area contributed by atoms with Gasteiger partial charge in [-0.15, -0.1) is 0 Å². The molecule has 0 radical (unpaired) electrons. The van der Waals surface area contributed by atoms with Gasteiger partial charge in [0, 0.05) is 22.9 Å². The molecule has 3 heterocycles. The van der Waals surface area contributed by atoms with E-state index < -0.39 is 0 Å². The second-order valence-corrected chi connectivity index (χ2v) is 6.67. The van der Waals surface area contributed by atoms with Gasteiger partial charge in [-0.2, -0.15) is 5.10 Å². The Morgan fingerprint density at radius 3 is 2.65 bits per heavy atom. The van der Waals surface area contributed by atoms with Crippen LogP contribution in [0.15, 0.2) is 28.9 Å². The van der Waals surface area contributed by atoms with Crippen molar-refractivity contribution in [2.45, 2.75) is 24.9 Å². The number of fused-ring (bicyclic) bond motifs is 1. The van der Waals surface area contributed by atoms with Crippen molar-refractivity contribution in [2.75, 3.05) is 26.3 Å². The monoisotopic (exact) mass is 335 g/mol. The molecule has 4 rings (SSSR count). The number of halogens is 1. The molecule has 2 aliphatic heterocycles. The Bertz CT molecular complexity index is 615. The van der Waals surface area contributed by atoms with Crippen LogP contribution in [0.4, 0.5) is 0 Å². The summed E-state index contributed by atoms with van der Waals surface area (Å²) in [6, 6.07) is 7.60. The zero-order chi connectivity index (χ0) is 13.5. The van der Waals surface area contributed by atoms with Crippen molar-refractivity contribution >= 4 is 26.8 Å². The van der Waals surface area contributed by atoms with Crippen molar-refractivity contribution < 1.29 is 4.74 Å². The molecule has 20 heavy (non-hydrogen) atoms. The van der Waals surface area contributed by atoms with Crippen LogP contribution in [0.25, 0.3) is 10.9 Å². The Kier molecular flexibility index (Phi) is 3.28. The Labute approximate surface area is 126 Å². The second-order valence-electron chi connectivity index (χ2n) is 5.75. The maximum Gasteiger partial charge on any atom is 0.0686 e. The molecule has 1 aromatic carbocycles. The maximum atomic E-state index is 5.29. The average molecular weight is 336 g/mol. The van der Waals surface area contributed by atoms with Crippen molar-refractivity contribution in [2.24, 2.45) is 0 Å². The van der Waals surface area contributed by atoms with E-state index in [4.69, 9.17) is 4.74 Å². The van der Waals surface area contributed by atoms with Crippen LogP contribution in [0, 0.1) is 0 Å². The summed E-state index contributed by atoms with van der Waals surface area (Å²) in [5.41, 5.74) is 1.25. The molecule has 0 spiro atoms.